The molecular formula is C30H31N3. The minimum atomic E-state index is 0.133. The van der Waals surface area contributed by atoms with Crippen molar-refractivity contribution in [3.05, 3.63) is 101 Å². The summed E-state index contributed by atoms with van der Waals surface area (Å²) in [5, 5.41) is 0. The molecule has 3 nitrogen and oxygen atoms in total. The van der Waals surface area contributed by atoms with Crippen LogP contribution in [0.1, 0.15) is 34.7 Å². The molecule has 2 heterocycles. The van der Waals surface area contributed by atoms with Gasteiger partial charge in [0.05, 0.1) is 29.0 Å². The van der Waals surface area contributed by atoms with E-state index in [1.54, 1.807) is 0 Å². The molecule has 3 aromatic carbocycles. The largest absolute Gasteiger partial charge is 0.318 e. The Labute approximate surface area is 197 Å². The molecule has 1 aromatic heterocycles. The van der Waals surface area contributed by atoms with Crippen molar-refractivity contribution in [2.75, 3.05) is 9.80 Å². The highest BCUT2D eigenvalue weighted by Crippen LogP contribution is 2.49. The average Bonchev–Trinajstić information content (AvgIpc) is 3.06. The van der Waals surface area contributed by atoms with E-state index in [1.807, 2.05) is 0 Å². The first-order valence-electron chi connectivity index (χ1n) is 11.7. The fourth-order valence-corrected chi connectivity index (χ4v) is 5.37. The van der Waals surface area contributed by atoms with Crippen molar-refractivity contribution in [1.82, 2.24) is 4.98 Å². The van der Waals surface area contributed by atoms with Gasteiger partial charge in [-0.15, -0.1) is 0 Å². The van der Waals surface area contributed by atoms with Gasteiger partial charge in [0.1, 0.15) is 6.17 Å². The summed E-state index contributed by atoms with van der Waals surface area (Å²) in [5.74, 6) is 0. The van der Waals surface area contributed by atoms with Crippen LogP contribution in [0.3, 0.4) is 0 Å². The van der Waals surface area contributed by atoms with Gasteiger partial charge >= 0.3 is 0 Å². The third-order valence-corrected chi connectivity index (χ3v) is 6.91. The SMILES string of the molecule is Cc1cc(-c2c(C)cccc2C)ncc1N1c2ccccc2N(c2c(C)cccc2C)[C@H]1C. The zero-order chi connectivity index (χ0) is 23.3. The maximum atomic E-state index is 4.96. The zero-order valence-corrected chi connectivity index (χ0v) is 20.3. The van der Waals surface area contributed by atoms with E-state index in [2.05, 4.69) is 124 Å². The first kappa shape index (κ1) is 21.3. The molecule has 3 heteroatoms. The standard InChI is InChI=1S/C30H31N3/c1-19-11-9-12-20(2)29(19)25-17-23(5)28(18-31-25)32-24(6)33(27-16-8-7-15-26(27)32)30-21(3)13-10-14-22(30)4/h7-18,24H,1-6H3/t24-/m0/s1. The van der Waals surface area contributed by atoms with Crippen molar-refractivity contribution in [2.24, 2.45) is 0 Å². The third-order valence-electron chi connectivity index (χ3n) is 6.91. The van der Waals surface area contributed by atoms with E-state index < -0.39 is 0 Å². The molecule has 1 atom stereocenters. The number of hydrogen-bond acceptors (Lipinski definition) is 3. The summed E-state index contributed by atoms with van der Waals surface area (Å²) >= 11 is 0. The lowest BCUT2D eigenvalue weighted by atomic mass is 9.98. The molecule has 0 unspecified atom stereocenters. The number of anilines is 4. The van der Waals surface area contributed by atoms with Gasteiger partial charge in [-0.2, -0.15) is 0 Å². The molecule has 4 aromatic rings. The minimum absolute atomic E-state index is 0.133. The molecule has 0 amide bonds. The monoisotopic (exact) mass is 433 g/mol. The fraction of sp³-hybridized carbons (Fsp3) is 0.233. The molecule has 0 saturated carbocycles. The van der Waals surface area contributed by atoms with Crippen molar-refractivity contribution in [2.45, 2.75) is 47.7 Å². The molecule has 1 aliphatic rings. The van der Waals surface area contributed by atoms with Gasteiger partial charge in [-0.3, -0.25) is 4.98 Å². The van der Waals surface area contributed by atoms with E-state index in [0.717, 1.165) is 11.4 Å². The number of para-hydroxylation sites is 3. The number of benzene rings is 3. The molecule has 0 saturated heterocycles. The fourth-order valence-electron chi connectivity index (χ4n) is 5.37. The summed E-state index contributed by atoms with van der Waals surface area (Å²) in [7, 11) is 0. The average molecular weight is 434 g/mol. The highest BCUT2D eigenvalue weighted by Gasteiger charge is 2.36. The molecule has 0 spiro atoms. The van der Waals surface area contributed by atoms with E-state index >= 15 is 0 Å². The maximum absolute atomic E-state index is 4.96. The molecular weight excluding hydrogens is 402 g/mol. The van der Waals surface area contributed by atoms with Crippen molar-refractivity contribution in [3.8, 4) is 11.3 Å². The van der Waals surface area contributed by atoms with Crippen LogP contribution in [0.2, 0.25) is 0 Å². The number of aryl methyl sites for hydroxylation is 5. The predicted molar refractivity (Wildman–Crippen MR) is 140 cm³/mol. The topological polar surface area (TPSA) is 19.4 Å². The normalized spacial score (nSPS) is 15.2. The number of nitrogens with zero attached hydrogens (tertiary/aromatic N) is 3. The van der Waals surface area contributed by atoms with Gasteiger partial charge in [0.25, 0.3) is 0 Å². The van der Waals surface area contributed by atoms with Crippen LogP contribution in [0.5, 0.6) is 0 Å². The van der Waals surface area contributed by atoms with Crippen LogP contribution in [0.15, 0.2) is 72.9 Å². The first-order valence-corrected chi connectivity index (χ1v) is 11.7. The summed E-state index contributed by atoms with van der Waals surface area (Å²) < 4.78 is 0. The van der Waals surface area contributed by atoms with Gasteiger partial charge in [-0.25, -0.2) is 0 Å². The third kappa shape index (κ3) is 3.39. The van der Waals surface area contributed by atoms with Gasteiger partial charge in [-0.1, -0.05) is 48.5 Å². The van der Waals surface area contributed by atoms with Crippen LogP contribution in [0.4, 0.5) is 22.7 Å². The van der Waals surface area contributed by atoms with Gasteiger partial charge in [0.2, 0.25) is 0 Å². The number of fused-ring (bicyclic) bond motifs is 1. The first-order chi connectivity index (χ1) is 15.9. The summed E-state index contributed by atoms with van der Waals surface area (Å²) in [4.78, 5) is 9.86. The highest BCUT2D eigenvalue weighted by molar-refractivity contribution is 5.90. The Morgan fingerprint density at radius 2 is 1.15 bits per heavy atom. The van der Waals surface area contributed by atoms with E-state index in [-0.39, 0.29) is 6.17 Å². The lowest BCUT2D eigenvalue weighted by Gasteiger charge is -2.32. The lowest BCUT2D eigenvalue weighted by molar-refractivity contribution is 0.754. The Hall–Kier alpha value is -3.59. The molecule has 0 bridgehead atoms. The van der Waals surface area contributed by atoms with Crippen molar-refractivity contribution < 1.29 is 0 Å². The lowest BCUT2D eigenvalue weighted by Crippen LogP contribution is -2.36. The van der Waals surface area contributed by atoms with Crippen molar-refractivity contribution in [1.29, 1.82) is 0 Å². The second-order valence-corrected chi connectivity index (χ2v) is 9.22. The Morgan fingerprint density at radius 3 is 1.73 bits per heavy atom. The smallest absolute Gasteiger partial charge is 0.108 e. The van der Waals surface area contributed by atoms with Crippen LogP contribution in [0, 0.1) is 34.6 Å². The zero-order valence-electron chi connectivity index (χ0n) is 20.3. The molecule has 0 fully saturated rings. The molecule has 33 heavy (non-hydrogen) atoms. The maximum Gasteiger partial charge on any atom is 0.108 e. The van der Waals surface area contributed by atoms with Crippen molar-refractivity contribution in [3.63, 3.8) is 0 Å². The Balaban J connectivity index is 1.63. The van der Waals surface area contributed by atoms with Crippen LogP contribution in [0.25, 0.3) is 11.3 Å². The van der Waals surface area contributed by atoms with Crippen LogP contribution >= 0.6 is 0 Å². The van der Waals surface area contributed by atoms with E-state index in [4.69, 9.17) is 4.98 Å². The van der Waals surface area contributed by atoms with Crippen LogP contribution in [-0.2, 0) is 0 Å². The quantitative estimate of drug-likeness (QED) is 0.327. The van der Waals surface area contributed by atoms with E-state index in [1.165, 1.54) is 50.4 Å². The summed E-state index contributed by atoms with van der Waals surface area (Å²) in [5.41, 5.74) is 13.5. The Kier molecular flexibility index (Phi) is 5.20. The van der Waals surface area contributed by atoms with Gasteiger partial charge in [0.15, 0.2) is 0 Å². The Morgan fingerprint density at radius 1 is 0.606 bits per heavy atom. The summed E-state index contributed by atoms with van der Waals surface area (Å²) in [6.45, 7) is 13.2. The molecule has 0 N–H and O–H groups in total. The molecule has 0 radical (unpaired) electrons. The Bertz CT molecular complexity index is 1310. The number of rotatable bonds is 3. The van der Waals surface area contributed by atoms with Crippen molar-refractivity contribution >= 4 is 22.7 Å². The highest BCUT2D eigenvalue weighted by atomic mass is 15.4. The summed E-state index contributed by atoms with van der Waals surface area (Å²) in [6, 6.07) is 23.9. The van der Waals surface area contributed by atoms with Gasteiger partial charge in [0, 0.05) is 11.3 Å². The van der Waals surface area contributed by atoms with E-state index in [0.29, 0.717) is 0 Å². The minimum Gasteiger partial charge on any atom is -0.318 e. The van der Waals surface area contributed by atoms with Gasteiger partial charge < -0.3 is 9.80 Å². The second-order valence-electron chi connectivity index (χ2n) is 9.22. The molecule has 5 rings (SSSR count). The number of pyridine rings is 1. The van der Waals surface area contributed by atoms with Crippen LogP contribution < -0.4 is 9.80 Å². The molecule has 1 aliphatic heterocycles. The molecule has 0 aliphatic carbocycles. The number of aromatic nitrogens is 1. The second kappa shape index (κ2) is 8.08. The van der Waals surface area contributed by atoms with Gasteiger partial charge in [-0.05, 0) is 87.6 Å². The predicted octanol–water partition coefficient (Wildman–Crippen LogP) is 7.93. The molecule has 166 valence electrons. The summed E-state index contributed by atoms with van der Waals surface area (Å²) in [6.07, 6.45) is 2.19. The number of hydrogen-bond donors (Lipinski definition) is 0. The van der Waals surface area contributed by atoms with Crippen LogP contribution in [-0.4, -0.2) is 11.1 Å². The van der Waals surface area contributed by atoms with E-state index in [9.17, 15) is 0 Å².